The number of hydrogen-bond acceptors (Lipinski definition) is 6. The number of rotatable bonds is 4. The second kappa shape index (κ2) is 7.68. The molecule has 4 heterocycles. The summed E-state index contributed by atoms with van der Waals surface area (Å²) in [6, 6.07) is 8.20. The van der Waals surface area contributed by atoms with Crippen molar-refractivity contribution in [3.8, 4) is 11.3 Å². The van der Waals surface area contributed by atoms with Crippen molar-refractivity contribution in [3.05, 3.63) is 54.6 Å². The van der Waals surface area contributed by atoms with Crippen LogP contribution in [0.2, 0.25) is 0 Å². The SMILES string of the molecule is Cn1cc(-c2ccc3cnc(NC(=O)c4cnn(C5CCNCC5)c4)cc3c2)nn1. The standard InChI is InChI=1S/C21H22N8O/c1-28-13-19(26-27-28)14-2-3-15-10-23-20(9-16(15)8-14)25-21(30)17-11-24-29(12-17)18-4-6-22-7-5-18/h2-3,8-13,18,22H,4-7H2,1H3,(H,23,25,30). The highest BCUT2D eigenvalue weighted by Crippen LogP contribution is 2.24. The summed E-state index contributed by atoms with van der Waals surface area (Å²) >= 11 is 0. The molecule has 0 atom stereocenters. The second-order valence-electron chi connectivity index (χ2n) is 7.55. The molecule has 9 nitrogen and oxygen atoms in total. The van der Waals surface area contributed by atoms with Crippen LogP contribution in [0.25, 0.3) is 22.0 Å². The van der Waals surface area contributed by atoms with Crippen LogP contribution >= 0.6 is 0 Å². The quantitative estimate of drug-likeness (QED) is 0.543. The van der Waals surface area contributed by atoms with Gasteiger partial charge in [-0.1, -0.05) is 17.3 Å². The maximum Gasteiger partial charge on any atom is 0.260 e. The van der Waals surface area contributed by atoms with Crippen molar-refractivity contribution in [3.63, 3.8) is 0 Å². The van der Waals surface area contributed by atoms with E-state index >= 15 is 0 Å². The van der Waals surface area contributed by atoms with Crippen molar-refractivity contribution in [2.45, 2.75) is 18.9 Å². The number of fused-ring (bicyclic) bond motifs is 1. The predicted molar refractivity (Wildman–Crippen MR) is 113 cm³/mol. The lowest BCUT2D eigenvalue weighted by molar-refractivity contribution is 0.102. The van der Waals surface area contributed by atoms with E-state index in [1.54, 1.807) is 17.1 Å². The summed E-state index contributed by atoms with van der Waals surface area (Å²) in [7, 11) is 1.84. The minimum atomic E-state index is -0.216. The highest BCUT2D eigenvalue weighted by Gasteiger charge is 2.18. The van der Waals surface area contributed by atoms with Crippen molar-refractivity contribution in [2.75, 3.05) is 18.4 Å². The fourth-order valence-electron chi connectivity index (χ4n) is 3.76. The molecule has 1 amide bonds. The lowest BCUT2D eigenvalue weighted by atomic mass is 10.1. The van der Waals surface area contributed by atoms with E-state index < -0.39 is 0 Å². The van der Waals surface area contributed by atoms with Crippen molar-refractivity contribution in [1.29, 1.82) is 0 Å². The molecule has 1 aromatic carbocycles. The van der Waals surface area contributed by atoms with E-state index in [0.717, 1.165) is 48.0 Å². The van der Waals surface area contributed by atoms with Crippen LogP contribution < -0.4 is 10.6 Å². The number of carbonyl (C=O) groups is 1. The van der Waals surface area contributed by atoms with Gasteiger partial charge in [0.1, 0.15) is 11.5 Å². The van der Waals surface area contributed by atoms with E-state index in [0.29, 0.717) is 17.4 Å². The fourth-order valence-corrected chi connectivity index (χ4v) is 3.76. The lowest BCUT2D eigenvalue weighted by Gasteiger charge is -2.22. The number of aromatic nitrogens is 6. The normalized spacial score (nSPS) is 14.8. The van der Waals surface area contributed by atoms with Gasteiger partial charge in [-0.3, -0.25) is 14.2 Å². The molecular formula is C21H22N8O. The van der Waals surface area contributed by atoms with Crippen LogP contribution in [-0.2, 0) is 7.05 Å². The molecule has 1 fully saturated rings. The first-order valence-corrected chi connectivity index (χ1v) is 9.98. The number of piperidine rings is 1. The fraction of sp³-hybridized carbons (Fsp3) is 0.286. The Kier molecular flexibility index (Phi) is 4.72. The lowest BCUT2D eigenvalue weighted by Crippen LogP contribution is -2.29. The highest BCUT2D eigenvalue weighted by molar-refractivity contribution is 6.04. The van der Waals surface area contributed by atoms with Crippen LogP contribution in [-0.4, -0.2) is 48.8 Å². The third kappa shape index (κ3) is 3.67. The zero-order chi connectivity index (χ0) is 20.5. The molecule has 1 aliphatic rings. The Hall–Kier alpha value is -3.59. The number of pyridine rings is 1. The van der Waals surface area contributed by atoms with Crippen LogP contribution in [0, 0.1) is 0 Å². The van der Waals surface area contributed by atoms with Crippen molar-refractivity contribution in [2.24, 2.45) is 7.05 Å². The average molecular weight is 402 g/mol. The zero-order valence-corrected chi connectivity index (χ0v) is 16.6. The first kappa shape index (κ1) is 18.4. The molecule has 9 heteroatoms. The molecule has 0 saturated carbocycles. The monoisotopic (exact) mass is 402 g/mol. The molecule has 0 spiro atoms. The molecule has 3 aromatic heterocycles. The van der Waals surface area contributed by atoms with Crippen LogP contribution in [0.1, 0.15) is 29.2 Å². The largest absolute Gasteiger partial charge is 0.317 e. The minimum Gasteiger partial charge on any atom is -0.317 e. The molecule has 0 radical (unpaired) electrons. The van der Waals surface area contributed by atoms with Gasteiger partial charge in [-0.25, -0.2) is 4.98 Å². The average Bonchev–Trinajstić information content (AvgIpc) is 3.43. The predicted octanol–water partition coefficient (Wildman–Crippen LogP) is 2.40. The Morgan fingerprint density at radius 3 is 2.80 bits per heavy atom. The van der Waals surface area contributed by atoms with Gasteiger partial charge in [-0.15, -0.1) is 5.10 Å². The number of nitrogens with zero attached hydrogens (tertiary/aromatic N) is 6. The van der Waals surface area contributed by atoms with Crippen molar-refractivity contribution in [1.82, 2.24) is 35.1 Å². The van der Waals surface area contributed by atoms with Gasteiger partial charge in [0.25, 0.3) is 5.91 Å². The number of aryl methyl sites for hydroxylation is 1. The Morgan fingerprint density at radius 1 is 1.13 bits per heavy atom. The van der Waals surface area contributed by atoms with E-state index in [-0.39, 0.29) is 5.91 Å². The van der Waals surface area contributed by atoms with Crippen molar-refractivity contribution >= 4 is 22.5 Å². The molecule has 0 bridgehead atoms. The van der Waals surface area contributed by atoms with Gasteiger partial charge in [-0.05, 0) is 43.5 Å². The summed E-state index contributed by atoms with van der Waals surface area (Å²) in [5.74, 6) is 0.283. The summed E-state index contributed by atoms with van der Waals surface area (Å²) in [5, 5.41) is 20.7. The van der Waals surface area contributed by atoms with Gasteiger partial charge in [0.15, 0.2) is 0 Å². The smallest absolute Gasteiger partial charge is 0.260 e. The topological polar surface area (TPSA) is 103 Å². The van der Waals surface area contributed by atoms with E-state index in [2.05, 4.69) is 31.0 Å². The van der Waals surface area contributed by atoms with Gasteiger partial charge < -0.3 is 10.6 Å². The number of hydrogen-bond donors (Lipinski definition) is 2. The van der Waals surface area contributed by atoms with Crippen LogP contribution in [0.3, 0.4) is 0 Å². The Morgan fingerprint density at radius 2 is 2.00 bits per heavy atom. The summed E-state index contributed by atoms with van der Waals surface area (Å²) in [4.78, 5) is 17.1. The number of benzene rings is 1. The summed E-state index contributed by atoms with van der Waals surface area (Å²) in [6.45, 7) is 1.95. The molecule has 0 aliphatic carbocycles. The molecule has 4 aromatic rings. The van der Waals surface area contributed by atoms with Crippen LogP contribution in [0.4, 0.5) is 5.82 Å². The van der Waals surface area contributed by atoms with E-state index in [9.17, 15) is 4.79 Å². The third-order valence-corrected chi connectivity index (χ3v) is 5.41. The highest BCUT2D eigenvalue weighted by atomic mass is 16.1. The number of amides is 1. The molecule has 152 valence electrons. The zero-order valence-electron chi connectivity index (χ0n) is 16.6. The summed E-state index contributed by atoms with van der Waals surface area (Å²) < 4.78 is 3.57. The van der Waals surface area contributed by atoms with Crippen LogP contribution in [0.15, 0.2) is 49.1 Å². The van der Waals surface area contributed by atoms with Crippen LogP contribution in [0.5, 0.6) is 0 Å². The van der Waals surface area contributed by atoms with Crippen molar-refractivity contribution < 1.29 is 4.79 Å². The third-order valence-electron chi connectivity index (χ3n) is 5.41. The molecule has 0 unspecified atom stereocenters. The van der Waals surface area contributed by atoms with Gasteiger partial charge in [0.2, 0.25) is 0 Å². The number of nitrogens with one attached hydrogen (secondary N) is 2. The van der Waals surface area contributed by atoms with Gasteiger partial charge in [0.05, 0.1) is 24.0 Å². The minimum absolute atomic E-state index is 0.216. The molecule has 5 rings (SSSR count). The first-order chi connectivity index (χ1) is 14.7. The van der Waals surface area contributed by atoms with Gasteiger partial charge >= 0.3 is 0 Å². The number of carbonyl (C=O) groups excluding carboxylic acids is 1. The van der Waals surface area contributed by atoms with E-state index in [1.165, 1.54) is 0 Å². The summed E-state index contributed by atoms with van der Waals surface area (Å²) in [6.07, 6.45) is 9.09. The Balaban J connectivity index is 1.35. The van der Waals surface area contributed by atoms with E-state index in [1.807, 2.05) is 48.4 Å². The van der Waals surface area contributed by atoms with E-state index in [4.69, 9.17) is 0 Å². The maximum absolute atomic E-state index is 12.7. The number of anilines is 1. The maximum atomic E-state index is 12.7. The molecule has 1 saturated heterocycles. The van der Waals surface area contributed by atoms with Gasteiger partial charge in [-0.2, -0.15) is 5.10 Å². The molecule has 30 heavy (non-hydrogen) atoms. The Labute approximate surface area is 173 Å². The second-order valence-corrected chi connectivity index (χ2v) is 7.55. The molecular weight excluding hydrogens is 380 g/mol. The Bertz CT molecular complexity index is 1200. The summed E-state index contributed by atoms with van der Waals surface area (Å²) in [5.41, 5.74) is 2.29. The van der Waals surface area contributed by atoms with Gasteiger partial charge in [0, 0.05) is 30.4 Å². The molecule has 1 aliphatic heterocycles. The molecule has 2 N–H and O–H groups in total. The first-order valence-electron chi connectivity index (χ1n) is 9.98.